The van der Waals surface area contributed by atoms with Gasteiger partial charge in [0.15, 0.2) is 5.11 Å². The number of rotatable bonds is 4. The van der Waals surface area contributed by atoms with Crippen molar-refractivity contribution in [3.8, 4) is 0 Å². The summed E-state index contributed by atoms with van der Waals surface area (Å²) in [5.41, 5.74) is 1.81. The van der Waals surface area contributed by atoms with Gasteiger partial charge in [-0.3, -0.25) is 14.9 Å². The van der Waals surface area contributed by atoms with E-state index in [0.29, 0.717) is 48.3 Å². The zero-order chi connectivity index (χ0) is 22.5. The summed E-state index contributed by atoms with van der Waals surface area (Å²) in [4.78, 5) is 28.5. The Morgan fingerprint density at radius 3 is 2.29 bits per heavy atom. The van der Waals surface area contributed by atoms with Crippen LogP contribution in [0, 0.1) is 0 Å². The van der Waals surface area contributed by atoms with Crippen molar-refractivity contribution in [1.82, 2.24) is 10.2 Å². The van der Waals surface area contributed by atoms with E-state index in [1.54, 1.807) is 18.2 Å². The van der Waals surface area contributed by atoms with Gasteiger partial charge in [0.1, 0.15) is 0 Å². The minimum atomic E-state index is -0.450. The summed E-state index contributed by atoms with van der Waals surface area (Å²) in [5.74, 6) is -0.298. The molecular formula is C21H21Cl3N4O2S. The lowest BCUT2D eigenvalue weighted by molar-refractivity contribution is -0.131. The molecule has 6 nitrogen and oxygen atoms in total. The zero-order valence-electron chi connectivity index (χ0n) is 16.8. The molecule has 3 rings (SSSR count). The molecule has 1 fully saturated rings. The molecule has 2 aromatic carbocycles. The molecule has 10 heteroatoms. The average Bonchev–Trinajstić information content (AvgIpc) is 2.73. The van der Waals surface area contributed by atoms with Crippen molar-refractivity contribution in [2.45, 2.75) is 13.3 Å². The standard InChI is InChI=1S/C21H21Cl3N4O2S/c1-2-19(29)28-9-7-27(8-10-28)18-6-4-14(23)12-17(18)25-21(31)26-20(30)15-5-3-13(22)11-16(15)24/h3-6,11-12H,2,7-10H2,1H3,(H2,25,26,30,31). The molecule has 0 atom stereocenters. The number of benzene rings is 2. The second-order valence-electron chi connectivity index (χ2n) is 6.92. The monoisotopic (exact) mass is 498 g/mol. The van der Waals surface area contributed by atoms with Gasteiger partial charge in [0.2, 0.25) is 5.91 Å². The van der Waals surface area contributed by atoms with Gasteiger partial charge in [-0.1, -0.05) is 41.7 Å². The van der Waals surface area contributed by atoms with E-state index < -0.39 is 5.91 Å². The summed E-state index contributed by atoms with van der Waals surface area (Å²) in [7, 11) is 0. The molecule has 2 aromatic rings. The first-order valence-corrected chi connectivity index (χ1v) is 11.2. The quantitative estimate of drug-likeness (QED) is 0.590. The van der Waals surface area contributed by atoms with Crippen LogP contribution < -0.4 is 15.5 Å². The lowest BCUT2D eigenvalue weighted by Gasteiger charge is -2.37. The molecular weight excluding hydrogens is 479 g/mol. The number of hydrogen-bond donors (Lipinski definition) is 2. The molecule has 0 unspecified atom stereocenters. The molecule has 2 N–H and O–H groups in total. The van der Waals surface area contributed by atoms with Crippen molar-refractivity contribution in [2.24, 2.45) is 0 Å². The number of anilines is 2. The van der Waals surface area contributed by atoms with Gasteiger partial charge in [0, 0.05) is 42.6 Å². The Labute approximate surface area is 201 Å². The molecule has 0 saturated carbocycles. The number of nitrogens with one attached hydrogen (secondary N) is 2. The third kappa shape index (κ3) is 6.01. The summed E-state index contributed by atoms with van der Waals surface area (Å²) >= 11 is 23.5. The largest absolute Gasteiger partial charge is 0.366 e. The van der Waals surface area contributed by atoms with Gasteiger partial charge in [-0.2, -0.15) is 0 Å². The third-order valence-corrected chi connectivity index (χ3v) is 5.87. The maximum atomic E-state index is 12.5. The first kappa shape index (κ1) is 23.6. The van der Waals surface area contributed by atoms with Crippen LogP contribution in [0.15, 0.2) is 36.4 Å². The fraction of sp³-hybridized carbons (Fsp3) is 0.286. The maximum Gasteiger partial charge on any atom is 0.258 e. The Balaban J connectivity index is 1.70. The van der Waals surface area contributed by atoms with E-state index in [4.69, 9.17) is 47.0 Å². The van der Waals surface area contributed by atoms with Crippen LogP contribution in [0.2, 0.25) is 15.1 Å². The zero-order valence-corrected chi connectivity index (χ0v) is 19.8. The van der Waals surface area contributed by atoms with Crippen molar-refractivity contribution in [2.75, 3.05) is 36.4 Å². The lowest BCUT2D eigenvalue weighted by Crippen LogP contribution is -2.48. The number of hydrogen-bond acceptors (Lipinski definition) is 4. The lowest BCUT2D eigenvalue weighted by atomic mass is 10.2. The number of amides is 2. The van der Waals surface area contributed by atoms with E-state index in [2.05, 4.69) is 15.5 Å². The molecule has 0 bridgehead atoms. The van der Waals surface area contributed by atoms with Crippen LogP contribution in [0.5, 0.6) is 0 Å². The number of carbonyl (C=O) groups is 2. The van der Waals surface area contributed by atoms with Crippen LogP contribution in [0.3, 0.4) is 0 Å². The number of thiocarbonyl (C=S) groups is 1. The van der Waals surface area contributed by atoms with Crippen molar-refractivity contribution >= 4 is 75.3 Å². The Hall–Kier alpha value is -2.06. The summed E-state index contributed by atoms with van der Waals surface area (Å²) in [6.45, 7) is 4.52. The topological polar surface area (TPSA) is 64.7 Å². The fourth-order valence-corrected chi connectivity index (χ4v) is 4.17. The molecule has 2 amide bonds. The van der Waals surface area contributed by atoms with Crippen LogP contribution in [-0.4, -0.2) is 48.0 Å². The van der Waals surface area contributed by atoms with Crippen LogP contribution in [-0.2, 0) is 4.79 Å². The van der Waals surface area contributed by atoms with Crippen molar-refractivity contribution in [3.63, 3.8) is 0 Å². The maximum absolute atomic E-state index is 12.5. The molecule has 0 spiro atoms. The van der Waals surface area contributed by atoms with Crippen LogP contribution in [0.25, 0.3) is 0 Å². The molecule has 1 aliphatic rings. The first-order valence-electron chi connectivity index (χ1n) is 9.68. The van der Waals surface area contributed by atoms with Gasteiger partial charge >= 0.3 is 0 Å². The van der Waals surface area contributed by atoms with Gasteiger partial charge in [-0.05, 0) is 48.6 Å². The normalized spacial score (nSPS) is 13.7. The minimum Gasteiger partial charge on any atom is -0.366 e. The highest BCUT2D eigenvalue weighted by Gasteiger charge is 2.22. The van der Waals surface area contributed by atoms with Crippen LogP contribution in [0.1, 0.15) is 23.7 Å². The van der Waals surface area contributed by atoms with E-state index in [1.807, 2.05) is 17.9 Å². The molecule has 0 radical (unpaired) electrons. The third-order valence-electron chi connectivity index (χ3n) is 4.89. The predicted octanol–water partition coefficient (Wildman–Crippen LogP) is 4.83. The highest BCUT2D eigenvalue weighted by molar-refractivity contribution is 7.80. The Bertz CT molecular complexity index is 1010. The van der Waals surface area contributed by atoms with E-state index in [-0.39, 0.29) is 21.6 Å². The molecule has 164 valence electrons. The highest BCUT2D eigenvalue weighted by Crippen LogP contribution is 2.30. The van der Waals surface area contributed by atoms with Gasteiger partial charge in [-0.15, -0.1) is 0 Å². The number of carbonyl (C=O) groups excluding carboxylic acids is 2. The summed E-state index contributed by atoms with van der Waals surface area (Å²) in [5, 5.41) is 6.98. The number of piperazine rings is 1. The van der Waals surface area contributed by atoms with Crippen molar-refractivity contribution < 1.29 is 9.59 Å². The molecule has 0 aromatic heterocycles. The van der Waals surface area contributed by atoms with Crippen LogP contribution >= 0.6 is 47.0 Å². The molecule has 0 aliphatic carbocycles. The minimum absolute atomic E-state index is 0.110. The van der Waals surface area contributed by atoms with Crippen molar-refractivity contribution in [3.05, 3.63) is 57.0 Å². The summed E-state index contributed by atoms with van der Waals surface area (Å²) in [6.07, 6.45) is 0.499. The number of nitrogens with zero attached hydrogens (tertiary/aromatic N) is 2. The van der Waals surface area contributed by atoms with Gasteiger partial charge in [0.05, 0.1) is 22.0 Å². The van der Waals surface area contributed by atoms with Gasteiger partial charge in [-0.25, -0.2) is 0 Å². The number of halogens is 3. The molecule has 31 heavy (non-hydrogen) atoms. The van der Waals surface area contributed by atoms with Gasteiger partial charge < -0.3 is 15.1 Å². The summed E-state index contributed by atoms with van der Waals surface area (Å²) in [6, 6.07) is 10.0. The first-order chi connectivity index (χ1) is 14.8. The molecule has 1 aliphatic heterocycles. The van der Waals surface area contributed by atoms with Gasteiger partial charge in [0.25, 0.3) is 5.91 Å². The SMILES string of the molecule is CCC(=O)N1CCN(c2ccc(Cl)cc2NC(=S)NC(=O)c2ccc(Cl)cc2Cl)CC1. The molecule has 1 saturated heterocycles. The van der Waals surface area contributed by atoms with E-state index in [9.17, 15) is 9.59 Å². The van der Waals surface area contributed by atoms with Crippen molar-refractivity contribution in [1.29, 1.82) is 0 Å². The van der Waals surface area contributed by atoms with Crippen LogP contribution in [0.4, 0.5) is 11.4 Å². The van der Waals surface area contributed by atoms with E-state index in [1.165, 1.54) is 12.1 Å². The second-order valence-corrected chi connectivity index (χ2v) is 8.60. The smallest absolute Gasteiger partial charge is 0.258 e. The Morgan fingerprint density at radius 2 is 1.65 bits per heavy atom. The highest BCUT2D eigenvalue weighted by atomic mass is 35.5. The Kier molecular flexibility index (Phi) is 8.00. The summed E-state index contributed by atoms with van der Waals surface area (Å²) < 4.78 is 0. The fourth-order valence-electron chi connectivity index (χ4n) is 3.30. The predicted molar refractivity (Wildman–Crippen MR) is 131 cm³/mol. The van der Waals surface area contributed by atoms with E-state index >= 15 is 0 Å². The Morgan fingerprint density at radius 1 is 1.00 bits per heavy atom. The molecule has 1 heterocycles. The second kappa shape index (κ2) is 10.5. The van der Waals surface area contributed by atoms with E-state index in [0.717, 1.165) is 5.69 Å². The average molecular weight is 500 g/mol.